The minimum atomic E-state index is 0.262. The third kappa shape index (κ3) is 3.85. The van der Waals surface area contributed by atoms with E-state index in [0.29, 0.717) is 30.7 Å². The second kappa shape index (κ2) is 7.22. The molecule has 2 fully saturated rings. The molecule has 6 nitrogen and oxygen atoms in total. The van der Waals surface area contributed by atoms with Crippen LogP contribution in [0.3, 0.4) is 0 Å². The fourth-order valence-corrected chi connectivity index (χ4v) is 3.07. The number of aromatic nitrogens is 2. The number of hydrogen-bond donors (Lipinski definition) is 1. The Labute approximate surface area is 131 Å². The van der Waals surface area contributed by atoms with Gasteiger partial charge < -0.3 is 14.7 Å². The Kier molecular flexibility index (Phi) is 5.08. The van der Waals surface area contributed by atoms with Crippen molar-refractivity contribution in [2.45, 2.75) is 63.8 Å². The molecule has 0 radical (unpaired) electrons. The Bertz CT molecular complexity index is 492. The van der Waals surface area contributed by atoms with Crippen molar-refractivity contribution in [2.75, 3.05) is 19.6 Å². The molecule has 1 aromatic heterocycles. The zero-order chi connectivity index (χ0) is 15.4. The summed E-state index contributed by atoms with van der Waals surface area (Å²) in [6, 6.07) is 0.373. The molecule has 1 aliphatic heterocycles. The van der Waals surface area contributed by atoms with Crippen molar-refractivity contribution < 1.29 is 9.32 Å². The van der Waals surface area contributed by atoms with Crippen molar-refractivity contribution in [1.82, 2.24) is 20.4 Å². The summed E-state index contributed by atoms with van der Waals surface area (Å²) in [4.78, 5) is 18.9. The van der Waals surface area contributed by atoms with E-state index in [1.54, 1.807) is 0 Å². The highest BCUT2D eigenvalue weighted by Crippen LogP contribution is 2.38. The van der Waals surface area contributed by atoms with E-state index < -0.39 is 0 Å². The number of amides is 1. The Morgan fingerprint density at radius 1 is 1.41 bits per heavy atom. The van der Waals surface area contributed by atoms with Gasteiger partial charge in [0.15, 0.2) is 5.82 Å². The lowest BCUT2D eigenvalue weighted by Gasteiger charge is -2.28. The summed E-state index contributed by atoms with van der Waals surface area (Å²) < 4.78 is 5.26. The van der Waals surface area contributed by atoms with Crippen LogP contribution in [-0.4, -0.2) is 46.6 Å². The standard InChI is InChI=1S/C16H26N4O2/c1-2-10-20(13-8-9-17-11-13)15(21)5-3-4-14-18-16(19-22-14)12-6-7-12/h12-13,17H,2-11H2,1H3. The Balaban J connectivity index is 1.45. The summed E-state index contributed by atoms with van der Waals surface area (Å²) in [5.74, 6) is 2.32. The van der Waals surface area contributed by atoms with Crippen molar-refractivity contribution in [2.24, 2.45) is 0 Å². The molecule has 1 aromatic rings. The van der Waals surface area contributed by atoms with Crippen molar-refractivity contribution in [3.63, 3.8) is 0 Å². The van der Waals surface area contributed by atoms with E-state index in [0.717, 1.165) is 44.7 Å². The first-order valence-corrected chi connectivity index (χ1v) is 8.60. The van der Waals surface area contributed by atoms with E-state index in [2.05, 4.69) is 27.3 Å². The molecule has 1 N–H and O–H groups in total. The van der Waals surface area contributed by atoms with Gasteiger partial charge in [-0.2, -0.15) is 4.98 Å². The van der Waals surface area contributed by atoms with Crippen molar-refractivity contribution in [1.29, 1.82) is 0 Å². The second-order valence-corrected chi connectivity index (χ2v) is 6.41. The zero-order valence-corrected chi connectivity index (χ0v) is 13.4. The third-order valence-electron chi connectivity index (χ3n) is 4.47. The van der Waals surface area contributed by atoms with Gasteiger partial charge in [0.1, 0.15) is 0 Å². The molecule has 6 heteroatoms. The molecule has 122 valence electrons. The minimum absolute atomic E-state index is 0.262. The summed E-state index contributed by atoms with van der Waals surface area (Å²) in [6.07, 6.45) is 6.49. The molecule has 1 amide bonds. The van der Waals surface area contributed by atoms with E-state index in [4.69, 9.17) is 4.52 Å². The van der Waals surface area contributed by atoms with E-state index in [9.17, 15) is 4.79 Å². The predicted octanol–water partition coefficient (Wildman–Crippen LogP) is 1.87. The molecule has 0 spiro atoms. The minimum Gasteiger partial charge on any atom is -0.339 e. The summed E-state index contributed by atoms with van der Waals surface area (Å²) in [5.41, 5.74) is 0. The van der Waals surface area contributed by atoms with Gasteiger partial charge in [-0.05, 0) is 38.6 Å². The lowest BCUT2D eigenvalue weighted by atomic mass is 10.1. The Morgan fingerprint density at radius 2 is 2.27 bits per heavy atom. The second-order valence-electron chi connectivity index (χ2n) is 6.41. The molecule has 0 bridgehead atoms. The average Bonchev–Trinajstić information content (AvgIpc) is 3.03. The average molecular weight is 306 g/mol. The maximum absolute atomic E-state index is 12.5. The van der Waals surface area contributed by atoms with Gasteiger partial charge in [0, 0.05) is 37.9 Å². The Morgan fingerprint density at radius 3 is 2.95 bits per heavy atom. The molecule has 1 saturated carbocycles. The van der Waals surface area contributed by atoms with Gasteiger partial charge in [-0.1, -0.05) is 12.1 Å². The van der Waals surface area contributed by atoms with Gasteiger partial charge in [-0.25, -0.2) is 0 Å². The summed E-state index contributed by atoms with van der Waals surface area (Å²) >= 11 is 0. The van der Waals surface area contributed by atoms with Gasteiger partial charge >= 0.3 is 0 Å². The van der Waals surface area contributed by atoms with Gasteiger partial charge in [0.05, 0.1) is 0 Å². The maximum atomic E-state index is 12.5. The first-order valence-electron chi connectivity index (χ1n) is 8.60. The summed E-state index contributed by atoms with van der Waals surface area (Å²) in [6.45, 7) is 4.93. The molecule has 3 rings (SSSR count). The third-order valence-corrected chi connectivity index (χ3v) is 4.47. The number of rotatable bonds is 8. The number of carbonyl (C=O) groups excluding carboxylic acids is 1. The molecule has 1 unspecified atom stereocenters. The van der Waals surface area contributed by atoms with Gasteiger partial charge in [-0.3, -0.25) is 4.79 Å². The molecular formula is C16H26N4O2. The van der Waals surface area contributed by atoms with Crippen LogP contribution in [0.25, 0.3) is 0 Å². The van der Waals surface area contributed by atoms with E-state index >= 15 is 0 Å². The number of nitrogens with zero attached hydrogens (tertiary/aromatic N) is 3. The summed E-state index contributed by atoms with van der Waals surface area (Å²) in [7, 11) is 0. The smallest absolute Gasteiger partial charge is 0.226 e. The van der Waals surface area contributed by atoms with Gasteiger partial charge in [0.25, 0.3) is 0 Å². The molecule has 1 saturated heterocycles. The molecule has 1 aliphatic carbocycles. The van der Waals surface area contributed by atoms with E-state index in [-0.39, 0.29) is 5.91 Å². The molecule has 0 aromatic carbocycles. The largest absolute Gasteiger partial charge is 0.339 e. The van der Waals surface area contributed by atoms with Crippen LogP contribution in [-0.2, 0) is 11.2 Å². The first kappa shape index (κ1) is 15.5. The molecular weight excluding hydrogens is 280 g/mol. The van der Waals surface area contributed by atoms with Crippen molar-refractivity contribution in [3.8, 4) is 0 Å². The lowest BCUT2D eigenvalue weighted by molar-refractivity contribution is -0.133. The number of aryl methyl sites for hydroxylation is 1. The van der Waals surface area contributed by atoms with E-state index in [1.165, 1.54) is 12.8 Å². The highest BCUT2D eigenvalue weighted by molar-refractivity contribution is 5.76. The first-order chi connectivity index (χ1) is 10.8. The highest BCUT2D eigenvalue weighted by atomic mass is 16.5. The van der Waals surface area contributed by atoms with Crippen LogP contribution in [0.2, 0.25) is 0 Å². The van der Waals surface area contributed by atoms with E-state index in [1.807, 2.05) is 0 Å². The highest BCUT2D eigenvalue weighted by Gasteiger charge is 2.29. The van der Waals surface area contributed by atoms with Crippen LogP contribution < -0.4 is 5.32 Å². The Hall–Kier alpha value is -1.43. The monoisotopic (exact) mass is 306 g/mol. The normalized spacial score (nSPS) is 21.2. The SMILES string of the molecule is CCCN(C(=O)CCCc1nc(C2CC2)no1)C1CCNC1. The lowest BCUT2D eigenvalue weighted by Crippen LogP contribution is -2.42. The fourth-order valence-electron chi connectivity index (χ4n) is 3.07. The van der Waals surface area contributed by atoms with Crippen LogP contribution in [0.15, 0.2) is 4.52 Å². The quantitative estimate of drug-likeness (QED) is 0.794. The van der Waals surface area contributed by atoms with Crippen molar-refractivity contribution >= 4 is 5.91 Å². The topological polar surface area (TPSA) is 71.3 Å². The van der Waals surface area contributed by atoms with Crippen LogP contribution in [0.4, 0.5) is 0 Å². The molecule has 22 heavy (non-hydrogen) atoms. The number of carbonyl (C=O) groups is 1. The zero-order valence-electron chi connectivity index (χ0n) is 13.4. The maximum Gasteiger partial charge on any atom is 0.226 e. The van der Waals surface area contributed by atoms with Crippen LogP contribution in [0.1, 0.15) is 63.1 Å². The molecule has 2 heterocycles. The molecule has 2 aliphatic rings. The van der Waals surface area contributed by atoms with Crippen LogP contribution >= 0.6 is 0 Å². The van der Waals surface area contributed by atoms with Gasteiger partial charge in [-0.15, -0.1) is 0 Å². The number of nitrogens with one attached hydrogen (secondary N) is 1. The number of hydrogen-bond acceptors (Lipinski definition) is 5. The fraction of sp³-hybridized carbons (Fsp3) is 0.812. The van der Waals surface area contributed by atoms with Gasteiger partial charge in [0.2, 0.25) is 11.8 Å². The van der Waals surface area contributed by atoms with Crippen molar-refractivity contribution in [3.05, 3.63) is 11.7 Å². The predicted molar refractivity (Wildman–Crippen MR) is 82.5 cm³/mol. The van der Waals surface area contributed by atoms with Crippen LogP contribution in [0.5, 0.6) is 0 Å². The molecule has 1 atom stereocenters. The van der Waals surface area contributed by atoms with Crippen LogP contribution in [0, 0.1) is 0 Å². The summed E-state index contributed by atoms with van der Waals surface area (Å²) in [5, 5.41) is 7.35.